The number of aromatic amines is 1. The van der Waals surface area contributed by atoms with E-state index < -0.39 is 0 Å². The Morgan fingerprint density at radius 1 is 1.45 bits per heavy atom. The highest BCUT2D eigenvalue weighted by molar-refractivity contribution is 5.55. The van der Waals surface area contributed by atoms with E-state index in [0.29, 0.717) is 5.92 Å². The van der Waals surface area contributed by atoms with Gasteiger partial charge < -0.3 is 9.72 Å². The molecule has 0 bridgehead atoms. The normalized spacial score (nSPS) is 19.6. The summed E-state index contributed by atoms with van der Waals surface area (Å²) in [6.07, 6.45) is 4.89. The van der Waals surface area contributed by atoms with Gasteiger partial charge in [-0.05, 0) is 30.5 Å². The lowest BCUT2D eigenvalue weighted by atomic mass is 10.1. The Labute approximate surface area is 119 Å². The number of benzene rings is 1. The van der Waals surface area contributed by atoms with E-state index in [1.807, 2.05) is 6.20 Å². The highest BCUT2D eigenvalue weighted by Gasteiger charge is 2.22. The van der Waals surface area contributed by atoms with E-state index in [9.17, 15) is 0 Å². The van der Waals surface area contributed by atoms with Crippen molar-refractivity contribution in [1.29, 1.82) is 0 Å². The van der Waals surface area contributed by atoms with Crippen LogP contribution in [0.1, 0.15) is 12.0 Å². The third-order valence-electron chi connectivity index (χ3n) is 3.88. The number of H-pyrrole nitrogens is 1. The predicted molar refractivity (Wildman–Crippen MR) is 79.3 cm³/mol. The van der Waals surface area contributed by atoms with Gasteiger partial charge in [0.1, 0.15) is 5.82 Å². The van der Waals surface area contributed by atoms with Crippen LogP contribution in [0.25, 0.3) is 11.4 Å². The molecule has 0 radical (unpaired) electrons. The Morgan fingerprint density at radius 3 is 3.20 bits per heavy atom. The zero-order valence-corrected chi connectivity index (χ0v) is 11.9. The van der Waals surface area contributed by atoms with Gasteiger partial charge in [-0.15, -0.1) is 0 Å². The second-order valence-electron chi connectivity index (χ2n) is 5.48. The van der Waals surface area contributed by atoms with Gasteiger partial charge in [0, 0.05) is 38.2 Å². The molecule has 1 unspecified atom stereocenters. The molecule has 1 aromatic carbocycles. The van der Waals surface area contributed by atoms with E-state index in [1.54, 1.807) is 13.3 Å². The van der Waals surface area contributed by atoms with Gasteiger partial charge in [-0.1, -0.05) is 18.2 Å². The van der Waals surface area contributed by atoms with Gasteiger partial charge in [0.2, 0.25) is 0 Å². The fraction of sp³-hybridized carbons (Fsp3) is 0.438. The van der Waals surface area contributed by atoms with Crippen molar-refractivity contribution in [3.8, 4) is 11.4 Å². The summed E-state index contributed by atoms with van der Waals surface area (Å²) >= 11 is 0. The number of likely N-dealkylation sites (tertiary alicyclic amines) is 1. The van der Waals surface area contributed by atoms with Crippen LogP contribution in [0.15, 0.2) is 36.7 Å². The molecule has 2 heterocycles. The molecule has 0 spiro atoms. The van der Waals surface area contributed by atoms with Gasteiger partial charge in [-0.3, -0.25) is 4.90 Å². The van der Waals surface area contributed by atoms with Crippen molar-refractivity contribution in [3.05, 3.63) is 42.2 Å². The lowest BCUT2D eigenvalue weighted by Crippen LogP contribution is -2.21. The van der Waals surface area contributed by atoms with Crippen LogP contribution in [-0.4, -0.2) is 41.7 Å². The molecule has 1 saturated heterocycles. The summed E-state index contributed by atoms with van der Waals surface area (Å²) in [5, 5.41) is 0. The van der Waals surface area contributed by atoms with Crippen LogP contribution in [0.4, 0.5) is 0 Å². The quantitative estimate of drug-likeness (QED) is 0.908. The summed E-state index contributed by atoms with van der Waals surface area (Å²) in [5.41, 5.74) is 2.50. The molecule has 3 rings (SSSR count). The van der Waals surface area contributed by atoms with Crippen molar-refractivity contribution >= 4 is 0 Å². The predicted octanol–water partition coefficient (Wildman–Crippen LogP) is 2.55. The minimum Gasteiger partial charge on any atom is -0.384 e. The zero-order chi connectivity index (χ0) is 13.8. The van der Waals surface area contributed by atoms with Crippen molar-refractivity contribution in [2.45, 2.75) is 13.0 Å². The molecule has 1 fully saturated rings. The Balaban J connectivity index is 1.65. The molecular formula is C16H21N3O. The van der Waals surface area contributed by atoms with Crippen molar-refractivity contribution in [2.24, 2.45) is 5.92 Å². The van der Waals surface area contributed by atoms with E-state index in [4.69, 9.17) is 4.74 Å². The number of rotatable bonds is 5. The van der Waals surface area contributed by atoms with Crippen LogP contribution >= 0.6 is 0 Å². The van der Waals surface area contributed by atoms with Crippen molar-refractivity contribution in [1.82, 2.24) is 14.9 Å². The third-order valence-corrected chi connectivity index (χ3v) is 3.88. The average Bonchev–Trinajstić information content (AvgIpc) is 3.11. The van der Waals surface area contributed by atoms with Crippen LogP contribution < -0.4 is 0 Å². The number of hydrogen-bond acceptors (Lipinski definition) is 3. The number of hydrogen-bond donors (Lipinski definition) is 1. The molecule has 106 valence electrons. The Morgan fingerprint density at radius 2 is 2.40 bits per heavy atom. The first kappa shape index (κ1) is 13.3. The molecule has 1 aromatic heterocycles. The van der Waals surface area contributed by atoms with E-state index in [0.717, 1.165) is 31.1 Å². The first-order valence-electron chi connectivity index (χ1n) is 7.15. The second-order valence-corrected chi connectivity index (χ2v) is 5.48. The van der Waals surface area contributed by atoms with Gasteiger partial charge >= 0.3 is 0 Å². The Hall–Kier alpha value is -1.65. The number of nitrogens with zero attached hydrogens (tertiary/aromatic N) is 2. The van der Waals surface area contributed by atoms with Crippen molar-refractivity contribution in [2.75, 3.05) is 26.8 Å². The molecule has 1 atom stereocenters. The smallest absolute Gasteiger partial charge is 0.137 e. The summed E-state index contributed by atoms with van der Waals surface area (Å²) in [6, 6.07) is 8.62. The van der Waals surface area contributed by atoms with E-state index in [2.05, 4.69) is 39.1 Å². The number of nitrogens with one attached hydrogen (secondary N) is 1. The maximum Gasteiger partial charge on any atom is 0.137 e. The molecule has 0 saturated carbocycles. The second kappa shape index (κ2) is 6.20. The van der Waals surface area contributed by atoms with Crippen LogP contribution in [0.2, 0.25) is 0 Å². The molecule has 4 heteroatoms. The molecule has 0 amide bonds. The maximum atomic E-state index is 5.25. The first-order chi connectivity index (χ1) is 9.85. The topological polar surface area (TPSA) is 41.1 Å². The molecular weight excluding hydrogens is 250 g/mol. The van der Waals surface area contributed by atoms with Crippen LogP contribution in [0.5, 0.6) is 0 Å². The van der Waals surface area contributed by atoms with Gasteiger partial charge in [-0.2, -0.15) is 0 Å². The maximum absolute atomic E-state index is 5.25. The minimum atomic E-state index is 0.688. The standard InChI is InChI=1S/C16H21N3O/c1-20-12-14-5-8-19(11-14)10-13-3-2-4-15(9-13)16-17-6-7-18-16/h2-4,6-7,9,14H,5,8,10-12H2,1H3,(H,17,18). The summed E-state index contributed by atoms with van der Waals surface area (Å²) in [5.74, 6) is 1.62. The van der Waals surface area contributed by atoms with Crippen molar-refractivity contribution in [3.63, 3.8) is 0 Å². The molecule has 2 aromatic rings. The fourth-order valence-electron chi connectivity index (χ4n) is 2.93. The average molecular weight is 271 g/mol. The molecule has 1 aliphatic rings. The SMILES string of the molecule is COCC1CCN(Cc2cccc(-c3ncc[nH]3)c2)C1. The summed E-state index contributed by atoms with van der Waals surface area (Å²) in [4.78, 5) is 9.97. The lowest BCUT2D eigenvalue weighted by molar-refractivity contribution is 0.152. The number of methoxy groups -OCH3 is 1. The lowest BCUT2D eigenvalue weighted by Gasteiger charge is -2.16. The van der Waals surface area contributed by atoms with Crippen molar-refractivity contribution < 1.29 is 4.74 Å². The largest absolute Gasteiger partial charge is 0.384 e. The van der Waals surface area contributed by atoms with Gasteiger partial charge in [0.05, 0.1) is 6.61 Å². The van der Waals surface area contributed by atoms with Crippen LogP contribution in [-0.2, 0) is 11.3 Å². The highest BCUT2D eigenvalue weighted by atomic mass is 16.5. The van der Waals surface area contributed by atoms with Gasteiger partial charge in [-0.25, -0.2) is 4.98 Å². The van der Waals surface area contributed by atoms with Gasteiger partial charge in [0.25, 0.3) is 0 Å². The Kier molecular flexibility index (Phi) is 4.14. The third kappa shape index (κ3) is 3.08. The monoisotopic (exact) mass is 271 g/mol. The summed E-state index contributed by atoms with van der Waals surface area (Å²) in [6.45, 7) is 4.19. The first-order valence-corrected chi connectivity index (χ1v) is 7.15. The van der Waals surface area contributed by atoms with Gasteiger partial charge in [0.15, 0.2) is 0 Å². The molecule has 0 aliphatic carbocycles. The van der Waals surface area contributed by atoms with Crippen LogP contribution in [0.3, 0.4) is 0 Å². The van der Waals surface area contributed by atoms with E-state index >= 15 is 0 Å². The molecule has 4 nitrogen and oxygen atoms in total. The molecule has 1 N–H and O–H groups in total. The summed E-state index contributed by atoms with van der Waals surface area (Å²) < 4.78 is 5.25. The number of ether oxygens (including phenoxy) is 1. The number of imidazole rings is 1. The molecule has 1 aliphatic heterocycles. The number of aromatic nitrogens is 2. The van der Waals surface area contributed by atoms with Crippen LogP contribution in [0, 0.1) is 5.92 Å². The Bertz CT molecular complexity index is 538. The highest BCUT2D eigenvalue weighted by Crippen LogP contribution is 2.21. The molecule has 20 heavy (non-hydrogen) atoms. The fourth-order valence-corrected chi connectivity index (χ4v) is 2.93. The van der Waals surface area contributed by atoms with E-state index in [1.165, 1.54) is 18.5 Å². The minimum absolute atomic E-state index is 0.688. The summed E-state index contributed by atoms with van der Waals surface area (Å²) in [7, 11) is 1.79. The van der Waals surface area contributed by atoms with E-state index in [-0.39, 0.29) is 0 Å². The zero-order valence-electron chi connectivity index (χ0n) is 11.9.